The molecule has 16 heavy (non-hydrogen) atoms. The van der Waals surface area contributed by atoms with Gasteiger partial charge in [-0.3, -0.25) is 9.20 Å². The highest BCUT2D eigenvalue weighted by atomic mass is 16.5. The van der Waals surface area contributed by atoms with Crippen LogP contribution >= 0.6 is 0 Å². The minimum Gasteiger partial charge on any atom is -0.464 e. The van der Waals surface area contributed by atoms with E-state index in [2.05, 4.69) is 9.72 Å². The first-order valence-electron chi connectivity index (χ1n) is 4.71. The highest BCUT2D eigenvalue weighted by molar-refractivity contribution is 5.89. The molecule has 0 aliphatic rings. The third-order valence-corrected chi connectivity index (χ3v) is 2.34. The van der Waals surface area contributed by atoms with Crippen molar-refractivity contribution >= 4 is 11.6 Å². The van der Waals surface area contributed by atoms with Crippen molar-refractivity contribution in [1.29, 1.82) is 0 Å². The molecule has 82 valence electrons. The van der Waals surface area contributed by atoms with E-state index in [0.29, 0.717) is 5.65 Å². The van der Waals surface area contributed by atoms with Gasteiger partial charge in [-0.15, -0.1) is 0 Å². The molecule has 2 aromatic heterocycles. The van der Waals surface area contributed by atoms with Crippen LogP contribution in [0.5, 0.6) is 0 Å². The molecule has 0 aliphatic heterocycles. The largest absolute Gasteiger partial charge is 0.464 e. The van der Waals surface area contributed by atoms with Gasteiger partial charge in [0.25, 0.3) is 5.56 Å². The number of aromatic nitrogens is 2. The maximum Gasteiger partial charge on any atom is 0.357 e. The summed E-state index contributed by atoms with van der Waals surface area (Å²) < 4.78 is 5.96. The second-order valence-electron chi connectivity index (χ2n) is 3.31. The van der Waals surface area contributed by atoms with Crippen LogP contribution in [0.15, 0.2) is 29.2 Å². The predicted octanol–water partition coefficient (Wildman–Crippen LogP) is 0.790. The van der Waals surface area contributed by atoms with Gasteiger partial charge in [0.2, 0.25) is 0 Å². The van der Waals surface area contributed by atoms with Crippen LogP contribution in [0.1, 0.15) is 16.1 Å². The van der Waals surface area contributed by atoms with Crippen LogP contribution in [0.25, 0.3) is 5.65 Å². The van der Waals surface area contributed by atoms with Crippen molar-refractivity contribution in [3.05, 3.63) is 46.0 Å². The lowest BCUT2D eigenvalue weighted by molar-refractivity contribution is 0.0593. The number of carbonyl (C=O) groups excluding carboxylic acids is 1. The molecule has 5 nitrogen and oxygen atoms in total. The van der Waals surface area contributed by atoms with E-state index in [1.165, 1.54) is 11.5 Å². The van der Waals surface area contributed by atoms with E-state index < -0.39 is 5.97 Å². The number of pyridine rings is 1. The molecule has 2 heterocycles. The summed E-state index contributed by atoms with van der Waals surface area (Å²) >= 11 is 0. The molecule has 0 saturated carbocycles. The standard InChI is InChI=1S/C11H10N2O3/c1-7-9(11(15)16-2)12-8-5-3-4-6-13(8)10(7)14/h3-6H,1-2H3. The van der Waals surface area contributed by atoms with Gasteiger partial charge in [0.1, 0.15) is 5.65 Å². The van der Waals surface area contributed by atoms with Crippen molar-refractivity contribution in [2.24, 2.45) is 0 Å². The second-order valence-corrected chi connectivity index (χ2v) is 3.31. The number of fused-ring (bicyclic) bond motifs is 1. The van der Waals surface area contributed by atoms with Crippen molar-refractivity contribution < 1.29 is 9.53 Å². The van der Waals surface area contributed by atoms with Crippen molar-refractivity contribution in [3.63, 3.8) is 0 Å². The van der Waals surface area contributed by atoms with Gasteiger partial charge in [-0.1, -0.05) is 6.07 Å². The average Bonchev–Trinajstić information content (AvgIpc) is 2.33. The minimum absolute atomic E-state index is 0.0682. The fraction of sp³-hybridized carbons (Fsp3) is 0.182. The lowest BCUT2D eigenvalue weighted by Crippen LogP contribution is -2.22. The van der Waals surface area contributed by atoms with Gasteiger partial charge in [0.15, 0.2) is 5.69 Å². The quantitative estimate of drug-likeness (QED) is 0.664. The maximum atomic E-state index is 11.9. The SMILES string of the molecule is COC(=O)c1nc2ccccn2c(=O)c1C. The molecule has 0 atom stereocenters. The summed E-state index contributed by atoms with van der Waals surface area (Å²) in [6.45, 7) is 1.56. The fourth-order valence-corrected chi connectivity index (χ4v) is 1.47. The molecule has 5 heteroatoms. The van der Waals surface area contributed by atoms with Crippen LogP contribution in [0, 0.1) is 6.92 Å². The summed E-state index contributed by atoms with van der Waals surface area (Å²) in [5.41, 5.74) is 0.527. The molecule has 0 saturated heterocycles. The Morgan fingerprint density at radius 2 is 2.19 bits per heavy atom. The number of rotatable bonds is 1. The number of methoxy groups -OCH3 is 1. The third-order valence-electron chi connectivity index (χ3n) is 2.34. The smallest absolute Gasteiger partial charge is 0.357 e. The molecule has 0 spiro atoms. The molecule has 0 fully saturated rings. The first-order chi connectivity index (χ1) is 7.65. The van der Waals surface area contributed by atoms with E-state index in [9.17, 15) is 9.59 Å². The molecular formula is C11H10N2O3. The van der Waals surface area contributed by atoms with Gasteiger partial charge >= 0.3 is 5.97 Å². The second kappa shape index (κ2) is 3.77. The molecule has 0 aliphatic carbocycles. The van der Waals surface area contributed by atoms with Crippen molar-refractivity contribution in [2.45, 2.75) is 6.92 Å². The molecule has 0 N–H and O–H groups in total. The van der Waals surface area contributed by atoms with E-state index in [1.807, 2.05) is 0 Å². The monoisotopic (exact) mass is 218 g/mol. The Bertz CT molecular complexity index is 616. The topological polar surface area (TPSA) is 60.7 Å². The highest BCUT2D eigenvalue weighted by Crippen LogP contribution is 2.04. The molecule has 0 radical (unpaired) electrons. The Morgan fingerprint density at radius 3 is 2.88 bits per heavy atom. The van der Waals surface area contributed by atoms with E-state index in [4.69, 9.17) is 0 Å². The van der Waals surface area contributed by atoms with Crippen LogP contribution in [0.4, 0.5) is 0 Å². The number of hydrogen-bond acceptors (Lipinski definition) is 4. The highest BCUT2D eigenvalue weighted by Gasteiger charge is 2.15. The van der Waals surface area contributed by atoms with Gasteiger partial charge in [-0.25, -0.2) is 9.78 Å². The Labute approximate surface area is 91.3 Å². The Balaban J connectivity index is 2.84. The zero-order valence-corrected chi connectivity index (χ0v) is 8.93. The van der Waals surface area contributed by atoms with E-state index in [1.54, 1.807) is 31.3 Å². The molecule has 0 bridgehead atoms. The fourth-order valence-electron chi connectivity index (χ4n) is 1.47. The van der Waals surface area contributed by atoms with Crippen molar-refractivity contribution in [2.75, 3.05) is 7.11 Å². The first-order valence-corrected chi connectivity index (χ1v) is 4.71. The molecular weight excluding hydrogens is 208 g/mol. The Kier molecular flexibility index (Phi) is 2.44. The maximum absolute atomic E-state index is 11.9. The van der Waals surface area contributed by atoms with E-state index in [-0.39, 0.29) is 16.8 Å². The summed E-state index contributed by atoms with van der Waals surface area (Å²) in [6.07, 6.45) is 1.61. The summed E-state index contributed by atoms with van der Waals surface area (Å²) in [5.74, 6) is -0.596. The lowest BCUT2D eigenvalue weighted by Gasteiger charge is -2.05. The number of esters is 1. The van der Waals surface area contributed by atoms with Gasteiger partial charge in [0, 0.05) is 11.8 Å². The zero-order chi connectivity index (χ0) is 11.7. The molecule has 0 unspecified atom stereocenters. The molecule has 0 aromatic carbocycles. The predicted molar refractivity (Wildman–Crippen MR) is 57.5 cm³/mol. The molecule has 2 rings (SSSR count). The Hall–Kier alpha value is -2.17. The van der Waals surface area contributed by atoms with Crippen LogP contribution in [-0.4, -0.2) is 22.5 Å². The van der Waals surface area contributed by atoms with Gasteiger partial charge in [-0.2, -0.15) is 0 Å². The Morgan fingerprint density at radius 1 is 1.44 bits per heavy atom. The van der Waals surface area contributed by atoms with Crippen LogP contribution in [0.2, 0.25) is 0 Å². The van der Waals surface area contributed by atoms with Crippen molar-refractivity contribution in [3.8, 4) is 0 Å². The van der Waals surface area contributed by atoms with Gasteiger partial charge < -0.3 is 4.74 Å². The number of ether oxygens (including phenoxy) is 1. The lowest BCUT2D eigenvalue weighted by atomic mass is 10.2. The number of nitrogens with zero attached hydrogens (tertiary/aromatic N) is 2. The summed E-state index contributed by atoms with van der Waals surface area (Å²) in [7, 11) is 1.26. The third kappa shape index (κ3) is 1.46. The van der Waals surface area contributed by atoms with Crippen molar-refractivity contribution in [1.82, 2.24) is 9.38 Å². The first kappa shape index (κ1) is 10.4. The van der Waals surface area contributed by atoms with E-state index >= 15 is 0 Å². The average molecular weight is 218 g/mol. The van der Waals surface area contributed by atoms with Crippen LogP contribution < -0.4 is 5.56 Å². The van der Waals surface area contributed by atoms with E-state index in [0.717, 1.165) is 0 Å². The van der Waals surface area contributed by atoms with Gasteiger partial charge in [0.05, 0.1) is 7.11 Å². The van der Waals surface area contributed by atoms with Crippen LogP contribution in [-0.2, 0) is 4.74 Å². The van der Waals surface area contributed by atoms with Crippen LogP contribution in [0.3, 0.4) is 0 Å². The summed E-state index contributed by atoms with van der Waals surface area (Å²) in [5, 5.41) is 0. The number of carbonyl (C=O) groups is 1. The summed E-state index contributed by atoms with van der Waals surface area (Å²) in [6, 6.07) is 5.14. The van der Waals surface area contributed by atoms with Gasteiger partial charge in [-0.05, 0) is 19.1 Å². The molecule has 0 amide bonds. The number of hydrogen-bond donors (Lipinski definition) is 0. The zero-order valence-electron chi connectivity index (χ0n) is 8.93. The molecule has 2 aromatic rings. The normalized spacial score (nSPS) is 10.4. The minimum atomic E-state index is -0.596. The summed E-state index contributed by atoms with van der Waals surface area (Å²) in [4.78, 5) is 27.4.